The van der Waals surface area contributed by atoms with Crippen molar-refractivity contribution in [3.63, 3.8) is 0 Å². The van der Waals surface area contributed by atoms with Gasteiger partial charge in [-0.05, 0) is 60.4 Å². The molecule has 1 unspecified atom stereocenters. The minimum atomic E-state index is 0.545. The fraction of sp³-hybridized carbons (Fsp3) is 0.294. The number of hydrogen-bond acceptors (Lipinski definition) is 2. The summed E-state index contributed by atoms with van der Waals surface area (Å²) in [6.07, 6.45) is 1.10. The molecular weight excluding hydrogens is 252 g/mol. The third-order valence-electron chi connectivity index (χ3n) is 3.31. The molecule has 0 radical (unpaired) electrons. The molecule has 0 saturated heterocycles. The first kappa shape index (κ1) is 14.0. The fourth-order valence-electron chi connectivity index (χ4n) is 2.24. The summed E-state index contributed by atoms with van der Waals surface area (Å²) < 4.78 is 5.84. The van der Waals surface area contributed by atoms with Crippen LogP contribution in [0.4, 0.5) is 0 Å². The first-order valence-corrected chi connectivity index (χ1v) is 7.28. The van der Waals surface area contributed by atoms with E-state index in [0.717, 1.165) is 23.7 Å². The standard InChI is InChI=1S/C17H20OS/c1-13(10-11-19)17-9-8-16(12-14(17)2)18-15-6-4-3-5-7-15/h3-9,12-13,19H,10-11H2,1-2H3. The molecular formula is C17H20OS. The zero-order valence-electron chi connectivity index (χ0n) is 11.5. The van der Waals surface area contributed by atoms with Gasteiger partial charge in [-0.25, -0.2) is 0 Å². The highest BCUT2D eigenvalue weighted by atomic mass is 32.1. The Labute approximate surface area is 121 Å². The van der Waals surface area contributed by atoms with Gasteiger partial charge < -0.3 is 4.74 Å². The summed E-state index contributed by atoms with van der Waals surface area (Å²) in [7, 11) is 0. The van der Waals surface area contributed by atoms with E-state index in [9.17, 15) is 0 Å². The summed E-state index contributed by atoms with van der Waals surface area (Å²) in [5, 5.41) is 0. The summed E-state index contributed by atoms with van der Waals surface area (Å²) in [4.78, 5) is 0. The van der Waals surface area contributed by atoms with E-state index in [2.05, 4.69) is 38.6 Å². The number of ether oxygens (including phenoxy) is 1. The molecule has 0 aliphatic carbocycles. The molecule has 0 spiro atoms. The number of para-hydroxylation sites is 1. The summed E-state index contributed by atoms with van der Waals surface area (Å²) in [5.74, 6) is 3.23. The highest BCUT2D eigenvalue weighted by molar-refractivity contribution is 7.80. The van der Waals surface area contributed by atoms with E-state index in [-0.39, 0.29) is 0 Å². The minimum absolute atomic E-state index is 0.545. The number of thiol groups is 1. The first-order valence-electron chi connectivity index (χ1n) is 6.65. The third kappa shape index (κ3) is 3.77. The maximum Gasteiger partial charge on any atom is 0.127 e. The van der Waals surface area contributed by atoms with Crippen LogP contribution in [0, 0.1) is 6.92 Å². The van der Waals surface area contributed by atoms with Crippen molar-refractivity contribution in [2.75, 3.05) is 5.75 Å². The van der Waals surface area contributed by atoms with E-state index in [1.165, 1.54) is 11.1 Å². The molecule has 0 aliphatic rings. The van der Waals surface area contributed by atoms with Gasteiger partial charge in [0.25, 0.3) is 0 Å². The average Bonchev–Trinajstić information content (AvgIpc) is 2.40. The molecule has 2 aromatic rings. The Hall–Kier alpha value is -1.41. The molecule has 0 N–H and O–H groups in total. The van der Waals surface area contributed by atoms with Crippen LogP contribution in [0.5, 0.6) is 11.5 Å². The number of hydrogen-bond donors (Lipinski definition) is 1. The van der Waals surface area contributed by atoms with Crippen molar-refractivity contribution in [3.8, 4) is 11.5 Å². The quantitative estimate of drug-likeness (QED) is 0.735. The Bertz CT molecular complexity index is 522. The van der Waals surface area contributed by atoms with Gasteiger partial charge in [0.15, 0.2) is 0 Å². The molecule has 19 heavy (non-hydrogen) atoms. The van der Waals surface area contributed by atoms with Gasteiger partial charge >= 0.3 is 0 Å². The molecule has 1 atom stereocenters. The Morgan fingerprint density at radius 2 is 1.79 bits per heavy atom. The van der Waals surface area contributed by atoms with E-state index in [1.54, 1.807) is 0 Å². The Balaban J connectivity index is 2.15. The van der Waals surface area contributed by atoms with Crippen molar-refractivity contribution in [1.29, 1.82) is 0 Å². The average molecular weight is 272 g/mol. The second-order valence-corrected chi connectivity index (χ2v) is 5.29. The maximum atomic E-state index is 5.84. The van der Waals surface area contributed by atoms with Gasteiger partial charge in [0.2, 0.25) is 0 Å². The maximum absolute atomic E-state index is 5.84. The summed E-state index contributed by atoms with van der Waals surface area (Å²) >= 11 is 4.31. The summed E-state index contributed by atoms with van der Waals surface area (Å²) in [5.41, 5.74) is 2.66. The highest BCUT2D eigenvalue weighted by Gasteiger charge is 2.08. The van der Waals surface area contributed by atoms with Gasteiger partial charge in [-0.15, -0.1) is 0 Å². The van der Waals surface area contributed by atoms with Crippen molar-refractivity contribution >= 4 is 12.6 Å². The van der Waals surface area contributed by atoms with Crippen molar-refractivity contribution in [2.24, 2.45) is 0 Å². The van der Waals surface area contributed by atoms with E-state index >= 15 is 0 Å². The molecule has 0 fully saturated rings. The van der Waals surface area contributed by atoms with Crippen LogP contribution in [0.15, 0.2) is 48.5 Å². The zero-order valence-corrected chi connectivity index (χ0v) is 12.4. The molecule has 0 aromatic heterocycles. The third-order valence-corrected chi connectivity index (χ3v) is 3.57. The lowest BCUT2D eigenvalue weighted by atomic mass is 9.94. The van der Waals surface area contributed by atoms with Crippen molar-refractivity contribution in [2.45, 2.75) is 26.2 Å². The molecule has 0 saturated carbocycles. The van der Waals surface area contributed by atoms with Crippen LogP contribution < -0.4 is 4.74 Å². The molecule has 0 amide bonds. The molecule has 1 nitrogen and oxygen atoms in total. The number of benzene rings is 2. The Morgan fingerprint density at radius 1 is 1.05 bits per heavy atom. The highest BCUT2D eigenvalue weighted by Crippen LogP contribution is 2.28. The van der Waals surface area contributed by atoms with Crippen LogP contribution in [0.1, 0.15) is 30.4 Å². The molecule has 2 heteroatoms. The number of aryl methyl sites for hydroxylation is 1. The van der Waals surface area contributed by atoms with Gasteiger partial charge in [0.05, 0.1) is 0 Å². The lowest BCUT2D eigenvalue weighted by Crippen LogP contribution is -1.98. The monoisotopic (exact) mass is 272 g/mol. The lowest BCUT2D eigenvalue weighted by molar-refractivity contribution is 0.481. The molecule has 0 aliphatic heterocycles. The predicted octanol–water partition coefficient (Wildman–Crippen LogP) is 5.21. The van der Waals surface area contributed by atoms with Crippen molar-refractivity contribution in [3.05, 3.63) is 59.7 Å². The molecule has 2 aromatic carbocycles. The molecule has 100 valence electrons. The van der Waals surface area contributed by atoms with Gasteiger partial charge in [-0.1, -0.05) is 31.2 Å². The number of rotatable bonds is 5. The SMILES string of the molecule is Cc1cc(Oc2ccccc2)ccc1C(C)CCS. The Kier molecular flexibility index (Phi) is 4.92. The summed E-state index contributed by atoms with van der Waals surface area (Å²) in [6, 6.07) is 16.2. The lowest BCUT2D eigenvalue weighted by Gasteiger charge is -2.15. The van der Waals surface area contributed by atoms with Gasteiger partial charge in [-0.2, -0.15) is 12.6 Å². The zero-order chi connectivity index (χ0) is 13.7. The van der Waals surface area contributed by atoms with Crippen LogP contribution in [0.25, 0.3) is 0 Å². The topological polar surface area (TPSA) is 9.23 Å². The predicted molar refractivity (Wildman–Crippen MR) is 84.6 cm³/mol. The van der Waals surface area contributed by atoms with Crippen LogP contribution in [-0.4, -0.2) is 5.75 Å². The second kappa shape index (κ2) is 6.67. The van der Waals surface area contributed by atoms with Crippen LogP contribution in [0.2, 0.25) is 0 Å². The van der Waals surface area contributed by atoms with Crippen LogP contribution in [0.3, 0.4) is 0 Å². The minimum Gasteiger partial charge on any atom is -0.457 e. The van der Waals surface area contributed by atoms with E-state index in [1.807, 2.05) is 36.4 Å². The largest absolute Gasteiger partial charge is 0.457 e. The Morgan fingerprint density at radius 3 is 2.42 bits per heavy atom. The van der Waals surface area contributed by atoms with Crippen molar-refractivity contribution < 1.29 is 4.74 Å². The fourth-order valence-corrected chi connectivity index (χ4v) is 2.63. The van der Waals surface area contributed by atoms with E-state index in [0.29, 0.717) is 5.92 Å². The molecule has 0 bridgehead atoms. The first-order chi connectivity index (χ1) is 9.20. The smallest absolute Gasteiger partial charge is 0.127 e. The second-order valence-electron chi connectivity index (χ2n) is 4.85. The van der Waals surface area contributed by atoms with Gasteiger partial charge in [-0.3, -0.25) is 0 Å². The molecule has 0 heterocycles. The normalized spacial score (nSPS) is 12.2. The van der Waals surface area contributed by atoms with E-state index < -0.39 is 0 Å². The van der Waals surface area contributed by atoms with Crippen molar-refractivity contribution in [1.82, 2.24) is 0 Å². The van der Waals surface area contributed by atoms with Gasteiger partial charge in [0.1, 0.15) is 11.5 Å². The molecule has 2 rings (SSSR count). The van der Waals surface area contributed by atoms with Crippen LogP contribution >= 0.6 is 12.6 Å². The van der Waals surface area contributed by atoms with E-state index in [4.69, 9.17) is 4.74 Å². The van der Waals surface area contributed by atoms with Gasteiger partial charge in [0, 0.05) is 0 Å². The summed E-state index contributed by atoms with van der Waals surface area (Å²) in [6.45, 7) is 4.39. The van der Waals surface area contributed by atoms with Crippen LogP contribution in [-0.2, 0) is 0 Å².